The van der Waals surface area contributed by atoms with Crippen molar-refractivity contribution in [1.29, 1.82) is 0 Å². The zero-order chi connectivity index (χ0) is 16.9. The summed E-state index contributed by atoms with van der Waals surface area (Å²) in [6.45, 7) is 2.29. The summed E-state index contributed by atoms with van der Waals surface area (Å²) in [6.07, 6.45) is 15.3. The van der Waals surface area contributed by atoms with Crippen molar-refractivity contribution in [3.8, 4) is 11.1 Å². The van der Waals surface area contributed by atoms with Crippen LogP contribution in [0.2, 0.25) is 0 Å². The van der Waals surface area contributed by atoms with Crippen molar-refractivity contribution >= 4 is 24.0 Å². The van der Waals surface area contributed by atoms with E-state index in [1.165, 1.54) is 87.3 Å². The van der Waals surface area contributed by atoms with Gasteiger partial charge in [0.25, 0.3) is 0 Å². The number of rotatable bonds is 12. The molecule has 0 aliphatic rings. The van der Waals surface area contributed by atoms with Gasteiger partial charge in [-0.15, -0.1) is 24.0 Å². The van der Waals surface area contributed by atoms with E-state index < -0.39 is 0 Å². The van der Waals surface area contributed by atoms with Gasteiger partial charge in [-0.1, -0.05) is 119 Å². The number of unbranched alkanes of at least 4 members (excludes halogenated alkanes) is 9. The smallest absolute Gasteiger partial charge is 0.0152 e. The van der Waals surface area contributed by atoms with E-state index in [-0.39, 0.29) is 24.0 Å². The van der Waals surface area contributed by atoms with Crippen LogP contribution in [0.5, 0.6) is 0 Å². The maximum absolute atomic E-state index is 2.30. The topological polar surface area (TPSA) is 0 Å². The highest BCUT2D eigenvalue weighted by molar-refractivity contribution is 14.0. The molecule has 0 atom stereocenters. The minimum atomic E-state index is 0. The first-order valence-electron chi connectivity index (χ1n) is 10.0. The summed E-state index contributed by atoms with van der Waals surface area (Å²) in [4.78, 5) is 0. The molecule has 0 saturated carbocycles. The van der Waals surface area contributed by atoms with Gasteiger partial charge in [-0.05, 0) is 29.5 Å². The largest absolute Gasteiger partial charge is 0.107 e. The molecular weight excluding hydrogens is 415 g/mol. The van der Waals surface area contributed by atoms with E-state index in [2.05, 4.69) is 61.5 Å². The molecule has 0 spiro atoms. The fraction of sp³-hybridized carbons (Fsp3) is 0.500. The lowest BCUT2D eigenvalue weighted by atomic mass is 9.95. The van der Waals surface area contributed by atoms with Gasteiger partial charge in [-0.25, -0.2) is 0 Å². The first-order valence-corrected chi connectivity index (χ1v) is 10.0. The van der Waals surface area contributed by atoms with Crippen molar-refractivity contribution in [2.75, 3.05) is 0 Å². The minimum Gasteiger partial charge on any atom is -0.107 e. The molecule has 0 heterocycles. The van der Waals surface area contributed by atoms with Gasteiger partial charge in [-0.3, -0.25) is 0 Å². The van der Waals surface area contributed by atoms with Crippen molar-refractivity contribution in [1.82, 2.24) is 0 Å². The number of benzene rings is 2. The van der Waals surface area contributed by atoms with Gasteiger partial charge in [0.2, 0.25) is 0 Å². The Balaban J connectivity index is 0.00000312. The Morgan fingerprint density at radius 3 is 1.72 bits per heavy atom. The van der Waals surface area contributed by atoms with Gasteiger partial charge in [-0.2, -0.15) is 0 Å². The average molecular weight is 450 g/mol. The maximum Gasteiger partial charge on any atom is -0.0152 e. The fourth-order valence-corrected chi connectivity index (χ4v) is 3.44. The van der Waals surface area contributed by atoms with Crippen LogP contribution in [0, 0.1) is 0 Å². The van der Waals surface area contributed by atoms with Gasteiger partial charge in [0, 0.05) is 0 Å². The molecule has 0 aliphatic heterocycles. The summed E-state index contributed by atoms with van der Waals surface area (Å²) in [6, 6.07) is 19.7. The van der Waals surface area contributed by atoms with Crippen LogP contribution in [-0.2, 0) is 6.42 Å². The molecular formula is C24H35I. The van der Waals surface area contributed by atoms with Crippen LogP contribution in [-0.4, -0.2) is 0 Å². The molecule has 138 valence electrons. The van der Waals surface area contributed by atoms with Gasteiger partial charge in [0.05, 0.1) is 0 Å². The lowest BCUT2D eigenvalue weighted by molar-refractivity contribution is 0.556. The molecule has 25 heavy (non-hydrogen) atoms. The highest BCUT2D eigenvalue weighted by Crippen LogP contribution is 2.25. The van der Waals surface area contributed by atoms with Crippen molar-refractivity contribution in [2.45, 2.75) is 77.6 Å². The average Bonchev–Trinajstić information content (AvgIpc) is 2.64. The van der Waals surface area contributed by atoms with E-state index in [1.807, 2.05) is 0 Å². The van der Waals surface area contributed by atoms with Crippen LogP contribution < -0.4 is 0 Å². The zero-order valence-corrected chi connectivity index (χ0v) is 18.2. The van der Waals surface area contributed by atoms with Gasteiger partial charge in [0.15, 0.2) is 0 Å². The van der Waals surface area contributed by atoms with E-state index >= 15 is 0 Å². The summed E-state index contributed by atoms with van der Waals surface area (Å²) < 4.78 is 0. The summed E-state index contributed by atoms with van der Waals surface area (Å²) in [5, 5.41) is 0. The first-order chi connectivity index (χ1) is 11.9. The van der Waals surface area contributed by atoms with E-state index in [1.54, 1.807) is 0 Å². The van der Waals surface area contributed by atoms with Crippen molar-refractivity contribution in [3.05, 3.63) is 60.2 Å². The van der Waals surface area contributed by atoms with Crippen molar-refractivity contribution in [2.24, 2.45) is 0 Å². The van der Waals surface area contributed by atoms with E-state index in [0.717, 1.165) is 0 Å². The molecule has 0 amide bonds. The van der Waals surface area contributed by atoms with Crippen molar-refractivity contribution < 1.29 is 0 Å². The highest BCUT2D eigenvalue weighted by atomic mass is 127. The molecule has 0 fully saturated rings. The second-order valence-corrected chi connectivity index (χ2v) is 6.96. The van der Waals surface area contributed by atoms with Crippen LogP contribution in [0.15, 0.2) is 54.6 Å². The van der Waals surface area contributed by atoms with Gasteiger partial charge >= 0.3 is 0 Å². The summed E-state index contributed by atoms with van der Waals surface area (Å²) in [5.74, 6) is 0. The molecule has 2 rings (SSSR count). The first kappa shape index (κ1) is 22.2. The molecule has 0 N–H and O–H groups in total. The molecule has 0 nitrogen and oxygen atoms in total. The highest BCUT2D eigenvalue weighted by Gasteiger charge is 2.03. The van der Waals surface area contributed by atoms with Gasteiger partial charge in [0.1, 0.15) is 0 Å². The van der Waals surface area contributed by atoms with Crippen LogP contribution in [0.25, 0.3) is 11.1 Å². The molecule has 0 saturated heterocycles. The van der Waals surface area contributed by atoms with E-state index in [4.69, 9.17) is 0 Å². The quantitative estimate of drug-likeness (QED) is 0.225. The Morgan fingerprint density at radius 1 is 0.560 bits per heavy atom. The minimum absolute atomic E-state index is 0. The lowest BCUT2D eigenvalue weighted by Gasteiger charge is -2.09. The Hall–Kier alpha value is -0.830. The third-order valence-electron chi connectivity index (χ3n) is 4.90. The Kier molecular flexibility index (Phi) is 12.8. The summed E-state index contributed by atoms with van der Waals surface area (Å²) in [7, 11) is 0. The van der Waals surface area contributed by atoms with Gasteiger partial charge < -0.3 is 0 Å². The molecule has 0 bridgehead atoms. The molecule has 0 aliphatic carbocycles. The van der Waals surface area contributed by atoms with E-state index in [9.17, 15) is 0 Å². The van der Waals surface area contributed by atoms with Crippen molar-refractivity contribution in [3.63, 3.8) is 0 Å². The molecule has 0 unspecified atom stereocenters. The number of aryl methyl sites for hydroxylation is 1. The standard InChI is InChI=1S/C24H34.HI/c1-2-3-4-5-6-7-8-9-10-12-17-23-20-15-16-21-24(23)22-18-13-11-14-19-22;/h11,13-16,18-21H,2-10,12,17H2,1H3;1H. The molecule has 0 aromatic heterocycles. The Labute approximate surface area is 172 Å². The Morgan fingerprint density at radius 2 is 1.08 bits per heavy atom. The number of hydrogen-bond acceptors (Lipinski definition) is 0. The third-order valence-corrected chi connectivity index (χ3v) is 4.90. The van der Waals surface area contributed by atoms with Crippen LogP contribution in [0.1, 0.15) is 76.7 Å². The van der Waals surface area contributed by atoms with E-state index in [0.29, 0.717) is 0 Å². The predicted molar refractivity (Wildman–Crippen MR) is 123 cm³/mol. The molecule has 0 radical (unpaired) electrons. The van der Waals surface area contributed by atoms with Crippen LogP contribution >= 0.6 is 24.0 Å². The SMILES string of the molecule is CCCCCCCCCCCCc1ccccc1-c1ccccc1.I. The fourth-order valence-electron chi connectivity index (χ4n) is 3.44. The predicted octanol–water partition coefficient (Wildman–Crippen LogP) is 8.44. The van der Waals surface area contributed by atoms with Crippen LogP contribution in [0.4, 0.5) is 0 Å². The molecule has 2 aromatic rings. The van der Waals surface area contributed by atoms with Crippen LogP contribution in [0.3, 0.4) is 0 Å². The zero-order valence-electron chi connectivity index (χ0n) is 15.9. The number of hydrogen-bond donors (Lipinski definition) is 0. The second-order valence-electron chi connectivity index (χ2n) is 6.96. The second kappa shape index (κ2) is 14.4. The summed E-state index contributed by atoms with van der Waals surface area (Å²) in [5.41, 5.74) is 4.26. The lowest BCUT2D eigenvalue weighted by Crippen LogP contribution is -1.91. The normalized spacial score (nSPS) is 10.4. The molecule has 1 heteroatoms. The third kappa shape index (κ3) is 8.89. The Bertz CT molecular complexity index is 547. The number of halogens is 1. The molecule has 2 aromatic carbocycles. The summed E-state index contributed by atoms with van der Waals surface area (Å²) >= 11 is 0. The maximum atomic E-state index is 2.30. The monoisotopic (exact) mass is 450 g/mol.